The van der Waals surface area contributed by atoms with Gasteiger partial charge in [-0.3, -0.25) is 4.79 Å². The molecule has 3 N–H and O–H groups in total. The summed E-state index contributed by atoms with van der Waals surface area (Å²) in [6, 6.07) is 1.55. The highest BCUT2D eigenvalue weighted by Crippen LogP contribution is 2.31. The van der Waals surface area contributed by atoms with Crippen LogP contribution in [0.5, 0.6) is 0 Å². The lowest BCUT2D eigenvalue weighted by molar-refractivity contribution is -0.121. The maximum absolute atomic E-state index is 11.6. The van der Waals surface area contributed by atoms with Crippen LogP contribution in [-0.4, -0.2) is 37.1 Å². The molecule has 2 aliphatic rings. The Hall–Kier alpha value is -0.610. The molecule has 0 aromatic carbocycles. The van der Waals surface area contributed by atoms with E-state index in [0.717, 1.165) is 12.5 Å². The number of carbonyl (C=O) groups is 1. The van der Waals surface area contributed by atoms with Crippen molar-refractivity contribution >= 4 is 5.91 Å². The van der Waals surface area contributed by atoms with Gasteiger partial charge in [0.15, 0.2) is 0 Å². The highest BCUT2D eigenvalue weighted by atomic mass is 16.1. The molecule has 0 aromatic rings. The van der Waals surface area contributed by atoms with Gasteiger partial charge in [-0.1, -0.05) is 12.8 Å². The van der Waals surface area contributed by atoms with Gasteiger partial charge >= 0.3 is 0 Å². The van der Waals surface area contributed by atoms with Crippen molar-refractivity contribution in [3.63, 3.8) is 0 Å². The van der Waals surface area contributed by atoms with E-state index in [4.69, 9.17) is 0 Å². The highest BCUT2D eigenvalue weighted by Gasteiger charge is 2.33. The number of carbonyl (C=O) groups excluding carboxylic acids is 1. The molecule has 1 aliphatic carbocycles. The average Bonchev–Trinajstić information content (AvgIpc) is 2.87. The van der Waals surface area contributed by atoms with Gasteiger partial charge in [0.1, 0.15) is 0 Å². The van der Waals surface area contributed by atoms with Gasteiger partial charge < -0.3 is 16.0 Å². The quantitative estimate of drug-likeness (QED) is 0.696. The fourth-order valence-corrected chi connectivity index (χ4v) is 3.73. The Balaban J connectivity index is 1.70. The molecular weight excluding hydrogens is 250 g/mol. The molecule has 1 aliphatic heterocycles. The summed E-state index contributed by atoms with van der Waals surface area (Å²) < 4.78 is 0. The molecule has 0 radical (unpaired) electrons. The third kappa shape index (κ3) is 4.74. The van der Waals surface area contributed by atoms with Gasteiger partial charge in [-0.05, 0) is 52.0 Å². The Morgan fingerprint density at radius 3 is 2.75 bits per heavy atom. The molecule has 0 spiro atoms. The van der Waals surface area contributed by atoms with Crippen LogP contribution in [0.3, 0.4) is 0 Å². The lowest BCUT2D eigenvalue weighted by Gasteiger charge is -2.33. The first-order valence-electron chi connectivity index (χ1n) is 8.43. The first-order valence-corrected chi connectivity index (χ1v) is 8.43. The highest BCUT2D eigenvalue weighted by molar-refractivity contribution is 5.76. The average molecular weight is 281 g/mol. The first-order chi connectivity index (χ1) is 9.66. The van der Waals surface area contributed by atoms with E-state index in [-0.39, 0.29) is 11.9 Å². The number of nitrogens with one attached hydrogen (secondary N) is 3. The predicted molar refractivity (Wildman–Crippen MR) is 82.7 cm³/mol. The molecule has 3 atom stereocenters. The summed E-state index contributed by atoms with van der Waals surface area (Å²) in [5, 5.41) is 10.3. The van der Waals surface area contributed by atoms with E-state index in [1.165, 1.54) is 45.1 Å². The molecule has 1 saturated heterocycles. The number of hydrogen-bond donors (Lipinski definition) is 3. The lowest BCUT2D eigenvalue weighted by atomic mass is 9.88. The largest absolute Gasteiger partial charge is 0.354 e. The summed E-state index contributed by atoms with van der Waals surface area (Å²) in [7, 11) is 0. The second-order valence-corrected chi connectivity index (χ2v) is 6.68. The molecule has 2 rings (SSSR count). The van der Waals surface area contributed by atoms with Crippen molar-refractivity contribution in [3.8, 4) is 0 Å². The Kier molecular flexibility index (Phi) is 6.30. The zero-order chi connectivity index (χ0) is 14.4. The second kappa shape index (κ2) is 7.99. The molecule has 116 valence electrons. The molecule has 1 saturated carbocycles. The van der Waals surface area contributed by atoms with Gasteiger partial charge in [-0.25, -0.2) is 0 Å². The molecule has 0 aromatic heterocycles. The van der Waals surface area contributed by atoms with Crippen molar-refractivity contribution in [1.82, 2.24) is 16.0 Å². The minimum atomic E-state index is 0.165. The zero-order valence-electron chi connectivity index (χ0n) is 13.1. The van der Waals surface area contributed by atoms with E-state index in [1.807, 2.05) is 13.8 Å². The van der Waals surface area contributed by atoms with Crippen molar-refractivity contribution in [2.24, 2.45) is 5.92 Å². The lowest BCUT2D eigenvalue weighted by Crippen LogP contribution is -2.47. The van der Waals surface area contributed by atoms with Crippen LogP contribution in [0.25, 0.3) is 0 Å². The number of rotatable bonds is 6. The Labute approximate surface area is 123 Å². The summed E-state index contributed by atoms with van der Waals surface area (Å²) in [6.45, 7) is 6.01. The van der Waals surface area contributed by atoms with Crippen molar-refractivity contribution in [1.29, 1.82) is 0 Å². The van der Waals surface area contributed by atoms with Crippen LogP contribution in [0, 0.1) is 5.92 Å². The number of hydrogen-bond acceptors (Lipinski definition) is 3. The van der Waals surface area contributed by atoms with E-state index in [9.17, 15) is 4.79 Å². The van der Waals surface area contributed by atoms with Crippen molar-refractivity contribution in [2.75, 3.05) is 13.1 Å². The smallest absolute Gasteiger partial charge is 0.221 e. The molecular formula is C16H31N3O. The second-order valence-electron chi connectivity index (χ2n) is 6.68. The summed E-state index contributed by atoms with van der Waals surface area (Å²) >= 11 is 0. The van der Waals surface area contributed by atoms with Crippen molar-refractivity contribution < 1.29 is 4.79 Å². The van der Waals surface area contributed by atoms with Gasteiger partial charge in [0.05, 0.1) is 0 Å². The van der Waals surface area contributed by atoms with Gasteiger partial charge in [-0.15, -0.1) is 0 Å². The van der Waals surface area contributed by atoms with Crippen LogP contribution in [0.1, 0.15) is 58.8 Å². The van der Waals surface area contributed by atoms with Crippen LogP contribution in [0.4, 0.5) is 0 Å². The molecule has 0 bridgehead atoms. The van der Waals surface area contributed by atoms with E-state index < -0.39 is 0 Å². The van der Waals surface area contributed by atoms with Gasteiger partial charge in [0, 0.05) is 31.1 Å². The van der Waals surface area contributed by atoms with Crippen molar-refractivity contribution in [2.45, 2.75) is 76.9 Å². The topological polar surface area (TPSA) is 53.2 Å². The maximum Gasteiger partial charge on any atom is 0.221 e. The molecule has 3 unspecified atom stereocenters. The fourth-order valence-electron chi connectivity index (χ4n) is 3.73. The Bertz CT molecular complexity index is 300. The van der Waals surface area contributed by atoms with Gasteiger partial charge in [-0.2, -0.15) is 0 Å². The van der Waals surface area contributed by atoms with E-state index in [2.05, 4.69) is 16.0 Å². The zero-order valence-corrected chi connectivity index (χ0v) is 13.1. The monoisotopic (exact) mass is 281 g/mol. The minimum absolute atomic E-state index is 0.165. The number of amides is 1. The third-order valence-electron chi connectivity index (χ3n) is 4.64. The van der Waals surface area contributed by atoms with Gasteiger partial charge in [0.2, 0.25) is 5.91 Å². The van der Waals surface area contributed by atoms with Crippen LogP contribution in [0.2, 0.25) is 0 Å². The minimum Gasteiger partial charge on any atom is -0.354 e. The SMILES string of the molecule is CC(C)NC(=O)CCNC1CCCC1C1CCCCN1. The fraction of sp³-hybridized carbons (Fsp3) is 0.938. The number of piperidine rings is 1. The van der Waals surface area contributed by atoms with Crippen molar-refractivity contribution in [3.05, 3.63) is 0 Å². The molecule has 1 amide bonds. The normalized spacial score (nSPS) is 30.6. The molecule has 20 heavy (non-hydrogen) atoms. The van der Waals surface area contributed by atoms with E-state index in [0.29, 0.717) is 18.5 Å². The summed E-state index contributed by atoms with van der Waals surface area (Å²) in [6.07, 6.45) is 8.57. The van der Waals surface area contributed by atoms with E-state index in [1.54, 1.807) is 0 Å². The van der Waals surface area contributed by atoms with Crippen LogP contribution < -0.4 is 16.0 Å². The van der Waals surface area contributed by atoms with E-state index >= 15 is 0 Å². The summed E-state index contributed by atoms with van der Waals surface area (Å²) in [5.41, 5.74) is 0. The van der Waals surface area contributed by atoms with Crippen LogP contribution >= 0.6 is 0 Å². The molecule has 1 heterocycles. The van der Waals surface area contributed by atoms with Crippen LogP contribution in [0.15, 0.2) is 0 Å². The standard InChI is InChI=1S/C16H31N3O/c1-12(2)19-16(20)9-11-18-15-8-5-6-13(15)14-7-3-4-10-17-14/h12-15,17-18H,3-11H2,1-2H3,(H,19,20). The Morgan fingerprint density at radius 2 is 2.05 bits per heavy atom. The summed E-state index contributed by atoms with van der Waals surface area (Å²) in [5.74, 6) is 0.932. The Morgan fingerprint density at radius 1 is 1.20 bits per heavy atom. The van der Waals surface area contributed by atoms with Crippen LogP contribution in [-0.2, 0) is 4.79 Å². The first kappa shape index (κ1) is 15.8. The summed E-state index contributed by atoms with van der Waals surface area (Å²) in [4.78, 5) is 11.6. The molecule has 4 heteroatoms. The maximum atomic E-state index is 11.6. The molecule has 4 nitrogen and oxygen atoms in total. The van der Waals surface area contributed by atoms with Gasteiger partial charge in [0.25, 0.3) is 0 Å². The predicted octanol–water partition coefficient (Wildman–Crippen LogP) is 1.80. The third-order valence-corrected chi connectivity index (χ3v) is 4.64. The molecule has 2 fully saturated rings.